The fourth-order valence-electron chi connectivity index (χ4n) is 4.04. The van der Waals surface area contributed by atoms with Crippen LogP contribution in [0.2, 0.25) is 0 Å². The molecule has 3 aromatic rings. The van der Waals surface area contributed by atoms with Crippen molar-refractivity contribution in [3.05, 3.63) is 47.4 Å². The molecule has 1 aliphatic heterocycles. The standard InChI is InChI=1S/C24H27N5O3/c1-13-9-19-15(23(30)31-13)7-8-20(28-19)29-21-10-16-17(11-26-21)22(32-14-5-4-6-14)27-12-18(16)24(2,3)25/h7-8,10-14H,4-6,9,25H2,1-3H3,(H,26,28,29). The molecule has 1 unspecified atom stereocenters. The summed E-state index contributed by atoms with van der Waals surface area (Å²) < 4.78 is 11.4. The summed E-state index contributed by atoms with van der Waals surface area (Å²) in [6.45, 7) is 5.77. The summed E-state index contributed by atoms with van der Waals surface area (Å²) in [7, 11) is 0. The Morgan fingerprint density at radius 3 is 2.69 bits per heavy atom. The predicted molar refractivity (Wildman–Crippen MR) is 121 cm³/mol. The minimum atomic E-state index is -0.584. The topological polar surface area (TPSA) is 112 Å². The molecule has 0 amide bonds. The first kappa shape index (κ1) is 20.6. The van der Waals surface area contributed by atoms with Crippen molar-refractivity contribution in [2.24, 2.45) is 5.73 Å². The molecule has 8 heteroatoms. The molecule has 1 aliphatic carbocycles. The van der Waals surface area contributed by atoms with E-state index in [4.69, 9.17) is 15.2 Å². The van der Waals surface area contributed by atoms with Crippen LogP contribution in [0.1, 0.15) is 61.6 Å². The minimum absolute atomic E-state index is 0.188. The molecule has 0 saturated heterocycles. The minimum Gasteiger partial charge on any atom is -0.474 e. The molecule has 1 saturated carbocycles. The second-order valence-corrected chi connectivity index (χ2v) is 9.22. The van der Waals surface area contributed by atoms with Crippen molar-refractivity contribution in [3.8, 4) is 5.88 Å². The number of esters is 1. The zero-order valence-corrected chi connectivity index (χ0v) is 18.5. The molecule has 0 bridgehead atoms. The number of ether oxygens (including phenoxy) is 2. The van der Waals surface area contributed by atoms with Crippen LogP contribution < -0.4 is 15.8 Å². The average molecular weight is 434 g/mol. The van der Waals surface area contributed by atoms with Gasteiger partial charge in [0.05, 0.1) is 16.6 Å². The van der Waals surface area contributed by atoms with Gasteiger partial charge in [0.15, 0.2) is 0 Å². The van der Waals surface area contributed by atoms with Crippen LogP contribution >= 0.6 is 0 Å². The summed E-state index contributed by atoms with van der Waals surface area (Å²) >= 11 is 0. The average Bonchev–Trinajstić information content (AvgIpc) is 2.69. The third kappa shape index (κ3) is 3.86. The normalized spacial score (nSPS) is 18.6. The van der Waals surface area contributed by atoms with E-state index >= 15 is 0 Å². The molecular formula is C24H27N5O3. The molecule has 166 valence electrons. The number of carbonyl (C=O) groups excluding carboxylic acids is 1. The molecule has 8 nitrogen and oxygen atoms in total. The quantitative estimate of drug-likeness (QED) is 0.581. The van der Waals surface area contributed by atoms with Gasteiger partial charge in [0.25, 0.3) is 0 Å². The number of nitrogens with two attached hydrogens (primary N) is 1. The fourth-order valence-corrected chi connectivity index (χ4v) is 4.04. The number of anilines is 2. The Labute approximate surface area is 186 Å². The highest BCUT2D eigenvalue weighted by molar-refractivity contribution is 5.93. The molecule has 0 spiro atoms. The monoisotopic (exact) mass is 433 g/mol. The van der Waals surface area contributed by atoms with E-state index < -0.39 is 5.54 Å². The van der Waals surface area contributed by atoms with Gasteiger partial charge in [-0.2, -0.15) is 0 Å². The first-order valence-corrected chi connectivity index (χ1v) is 11.0. The van der Waals surface area contributed by atoms with E-state index in [0.29, 0.717) is 29.5 Å². The van der Waals surface area contributed by atoms with Crippen molar-refractivity contribution in [1.29, 1.82) is 0 Å². The zero-order valence-electron chi connectivity index (χ0n) is 18.5. The first-order valence-electron chi connectivity index (χ1n) is 11.0. The van der Waals surface area contributed by atoms with E-state index in [1.54, 1.807) is 24.5 Å². The van der Waals surface area contributed by atoms with Gasteiger partial charge in [0.2, 0.25) is 5.88 Å². The number of pyridine rings is 3. The van der Waals surface area contributed by atoms with Gasteiger partial charge < -0.3 is 20.5 Å². The smallest absolute Gasteiger partial charge is 0.340 e. The van der Waals surface area contributed by atoms with Crippen molar-refractivity contribution in [2.75, 3.05) is 5.32 Å². The van der Waals surface area contributed by atoms with Gasteiger partial charge in [0.1, 0.15) is 23.8 Å². The maximum Gasteiger partial charge on any atom is 0.340 e. The van der Waals surface area contributed by atoms with E-state index in [1.807, 2.05) is 26.8 Å². The van der Waals surface area contributed by atoms with E-state index in [1.165, 1.54) is 6.42 Å². The second kappa shape index (κ2) is 7.70. The lowest BCUT2D eigenvalue weighted by Crippen LogP contribution is -2.29. The van der Waals surface area contributed by atoms with Crippen LogP contribution in [0.3, 0.4) is 0 Å². The highest BCUT2D eigenvalue weighted by Crippen LogP contribution is 2.35. The van der Waals surface area contributed by atoms with Crippen LogP contribution in [0.25, 0.3) is 10.8 Å². The maximum atomic E-state index is 12.1. The third-order valence-corrected chi connectivity index (χ3v) is 6.00. The van der Waals surface area contributed by atoms with Crippen molar-refractivity contribution in [2.45, 2.75) is 64.2 Å². The van der Waals surface area contributed by atoms with Crippen LogP contribution in [-0.2, 0) is 16.7 Å². The van der Waals surface area contributed by atoms with Crippen LogP contribution in [0.15, 0.2) is 30.6 Å². The molecule has 1 atom stereocenters. The highest BCUT2D eigenvalue weighted by atomic mass is 16.5. The molecule has 2 aliphatic rings. The Morgan fingerprint density at radius 1 is 1.16 bits per heavy atom. The second-order valence-electron chi connectivity index (χ2n) is 9.22. The summed E-state index contributed by atoms with van der Waals surface area (Å²) in [5.41, 5.74) is 8.00. The number of nitrogens with zero attached hydrogens (tertiary/aromatic N) is 3. The largest absolute Gasteiger partial charge is 0.474 e. The Bertz CT molecular complexity index is 1200. The summed E-state index contributed by atoms with van der Waals surface area (Å²) in [5, 5.41) is 5.04. The van der Waals surface area contributed by atoms with Crippen LogP contribution in [0.4, 0.5) is 11.6 Å². The van der Waals surface area contributed by atoms with Gasteiger partial charge in [-0.1, -0.05) is 0 Å². The van der Waals surface area contributed by atoms with E-state index in [9.17, 15) is 4.79 Å². The molecule has 5 rings (SSSR count). The number of carbonyl (C=O) groups is 1. The fraction of sp³-hybridized carbons (Fsp3) is 0.417. The molecule has 3 aromatic heterocycles. The molecule has 1 fully saturated rings. The zero-order chi connectivity index (χ0) is 22.5. The van der Waals surface area contributed by atoms with Crippen molar-refractivity contribution < 1.29 is 14.3 Å². The van der Waals surface area contributed by atoms with Crippen LogP contribution in [-0.4, -0.2) is 33.1 Å². The van der Waals surface area contributed by atoms with Crippen LogP contribution in [0, 0.1) is 0 Å². The number of rotatable bonds is 5. The number of fused-ring (bicyclic) bond motifs is 2. The number of aromatic nitrogens is 3. The van der Waals surface area contributed by atoms with Gasteiger partial charge in [-0.15, -0.1) is 0 Å². The summed E-state index contributed by atoms with van der Waals surface area (Å²) in [5.74, 6) is 1.51. The molecule has 32 heavy (non-hydrogen) atoms. The third-order valence-electron chi connectivity index (χ3n) is 6.00. The lowest BCUT2D eigenvalue weighted by molar-refractivity contribution is 0.0297. The van der Waals surface area contributed by atoms with Crippen molar-refractivity contribution in [1.82, 2.24) is 15.0 Å². The Kier molecular flexibility index (Phi) is 4.97. The predicted octanol–water partition coefficient (Wildman–Crippen LogP) is 3.99. The maximum absolute atomic E-state index is 12.1. The van der Waals surface area contributed by atoms with Gasteiger partial charge in [-0.3, -0.25) is 0 Å². The number of cyclic esters (lactones) is 1. The molecule has 0 radical (unpaired) electrons. The summed E-state index contributed by atoms with van der Waals surface area (Å²) in [4.78, 5) is 25.8. The molecule has 4 heterocycles. The Balaban J connectivity index is 1.51. The SMILES string of the molecule is CC1Cc2nc(Nc3cc4c(C(C)(C)N)cnc(OC5CCC5)c4cn3)ccc2C(=O)O1. The van der Waals surface area contributed by atoms with Gasteiger partial charge in [-0.25, -0.2) is 19.7 Å². The van der Waals surface area contributed by atoms with Crippen LogP contribution in [0.5, 0.6) is 5.88 Å². The van der Waals surface area contributed by atoms with E-state index in [-0.39, 0.29) is 18.2 Å². The lowest BCUT2D eigenvalue weighted by atomic mass is 9.92. The molecule has 0 aromatic carbocycles. The lowest BCUT2D eigenvalue weighted by Gasteiger charge is -2.27. The van der Waals surface area contributed by atoms with E-state index in [2.05, 4.69) is 20.3 Å². The number of hydrogen-bond donors (Lipinski definition) is 2. The van der Waals surface area contributed by atoms with Gasteiger partial charge in [-0.05, 0) is 69.2 Å². The summed E-state index contributed by atoms with van der Waals surface area (Å²) in [6, 6.07) is 5.45. The molecule has 3 N–H and O–H groups in total. The molecular weight excluding hydrogens is 406 g/mol. The Morgan fingerprint density at radius 2 is 1.97 bits per heavy atom. The summed E-state index contributed by atoms with van der Waals surface area (Å²) in [6.07, 6.45) is 7.47. The highest BCUT2D eigenvalue weighted by Gasteiger charge is 2.26. The van der Waals surface area contributed by atoms with Gasteiger partial charge in [0, 0.05) is 24.4 Å². The first-order chi connectivity index (χ1) is 15.3. The van der Waals surface area contributed by atoms with Gasteiger partial charge >= 0.3 is 5.97 Å². The number of hydrogen-bond acceptors (Lipinski definition) is 8. The van der Waals surface area contributed by atoms with Crippen molar-refractivity contribution >= 4 is 28.4 Å². The van der Waals surface area contributed by atoms with Crippen molar-refractivity contribution in [3.63, 3.8) is 0 Å². The number of nitrogens with one attached hydrogen (secondary N) is 1. The van der Waals surface area contributed by atoms with E-state index in [0.717, 1.165) is 34.9 Å². The Hall–Kier alpha value is -3.26.